The molecule has 20 heavy (non-hydrogen) atoms. The summed E-state index contributed by atoms with van der Waals surface area (Å²) in [5, 5.41) is 0. The molecule has 2 rings (SSSR count). The van der Waals surface area contributed by atoms with Crippen molar-refractivity contribution >= 4 is 12.0 Å². The standard InChI is InChI=1S/C17H17NO2/c1-12-9-13(2)11-15(10-12)20-16-6-4-3-5-14(16)7-8-17(18)19/h3-11H,1-2H3,(H2,18,19)/b8-7-. The van der Waals surface area contributed by atoms with Crippen molar-refractivity contribution < 1.29 is 9.53 Å². The zero-order valence-electron chi connectivity index (χ0n) is 11.6. The van der Waals surface area contributed by atoms with Crippen molar-refractivity contribution in [3.05, 3.63) is 65.2 Å². The molecule has 0 heterocycles. The van der Waals surface area contributed by atoms with Gasteiger partial charge in [-0.2, -0.15) is 0 Å². The number of para-hydroxylation sites is 1. The highest BCUT2D eigenvalue weighted by molar-refractivity contribution is 5.90. The molecule has 3 heteroatoms. The molecule has 0 saturated carbocycles. The Balaban J connectivity index is 2.31. The van der Waals surface area contributed by atoms with Crippen LogP contribution in [-0.4, -0.2) is 5.91 Å². The molecule has 0 aromatic heterocycles. The second-order valence-corrected chi connectivity index (χ2v) is 4.70. The molecule has 0 aliphatic rings. The Morgan fingerprint density at radius 2 is 1.75 bits per heavy atom. The first kappa shape index (κ1) is 13.9. The van der Waals surface area contributed by atoms with E-state index in [0.717, 1.165) is 22.4 Å². The molecular weight excluding hydrogens is 250 g/mol. The van der Waals surface area contributed by atoms with Gasteiger partial charge in [0.05, 0.1) is 0 Å². The van der Waals surface area contributed by atoms with Gasteiger partial charge in [0.2, 0.25) is 5.91 Å². The molecule has 2 N–H and O–H groups in total. The number of hydrogen-bond donors (Lipinski definition) is 1. The van der Waals surface area contributed by atoms with Crippen LogP contribution in [0.4, 0.5) is 0 Å². The summed E-state index contributed by atoms with van der Waals surface area (Å²) in [6, 6.07) is 13.5. The topological polar surface area (TPSA) is 52.3 Å². The summed E-state index contributed by atoms with van der Waals surface area (Å²) in [5.74, 6) is 0.989. The minimum Gasteiger partial charge on any atom is -0.457 e. The summed E-state index contributed by atoms with van der Waals surface area (Å²) in [7, 11) is 0. The van der Waals surface area contributed by atoms with Crippen LogP contribution >= 0.6 is 0 Å². The van der Waals surface area contributed by atoms with Crippen LogP contribution in [0.5, 0.6) is 11.5 Å². The average Bonchev–Trinajstić information content (AvgIpc) is 2.36. The lowest BCUT2D eigenvalue weighted by Gasteiger charge is -2.10. The molecule has 0 fully saturated rings. The third-order valence-corrected chi connectivity index (χ3v) is 2.77. The van der Waals surface area contributed by atoms with Gasteiger partial charge in [-0.05, 0) is 49.2 Å². The summed E-state index contributed by atoms with van der Waals surface area (Å²) < 4.78 is 5.90. The fourth-order valence-corrected chi connectivity index (χ4v) is 2.00. The first-order chi connectivity index (χ1) is 9.54. The van der Waals surface area contributed by atoms with E-state index in [0.29, 0.717) is 5.75 Å². The molecule has 0 saturated heterocycles. The van der Waals surface area contributed by atoms with Crippen LogP contribution in [0.25, 0.3) is 6.08 Å². The second kappa shape index (κ2) is 6.06. The van der Waals surface area contributed by atoms with Crippen molar-refractivity contribution in [3.63, 3.8) is 0 Å². The van der Waals surface area contributed by atoms with Gasteiger partial charge < -0.3 is 10.5 Å². The maximum Gasteiger partial charge on any atom is 0.241 e. The Kier molecular flexibility index (Phi) is 4.20. The number of nitrogens with two attached hydrogens (primary N) is 1. The van der Waals surface area contributed by atoms with E-state index in [4.69, 9.17) is 10.5 Å². The van der Waals surface area contributed by atoms with Crippen LogP contribution in [0, 0.1) is 13.8 Å². The molecule has 0 atom stereocenters. The van der Waals surface area contributed by atoms with Crippen LogP contribution in [0.1, 0.15) is 16.7 Å². The fourth-order valence-electron chi connectivity index (χ4n) is 2.00. The summed E-state index contributed by atoms with van der Waals surface area (Å²) >= 11 is 0. The van der Waals surface area contributed by atoms with E-state index in [9.17, 15) is 4.79 Å². The molecule has 2 aromatic rings. The average molecular weight is 267 g/mol. The van der Waals surface area contributed by atoms with Gasteiger partial charge in [0.25, 0.3) is 0 Å². The minimum absolute atomic E-state index is 0.480. The van der Waals surface area contributed by atoms with Gasteiger partial charge >= 0.3 is 0 Å². The Hall–Kier alpha value is -2.55. The Morgan fingerprint density at radius 1 is 1.10 bits per heavy atom. The van der Waals surface area contributed by atoms with Crippen LogP contribution in [0.3, 0.4) is 0 Å². The highest BCUT2D eigenvalue weighted by Crippen LogP contribution is 2.27. The Morgan fingerprint density at radius 3 is 2.40 bits per heavy atom. The number of benzene rings is 2. The van der Waals surface area contributed by atoms with Gasteiger partial charge in [0.1, 0.15) is 11.5 Å². The highest BCUT2D eigenvalue weighted by Gasteiger charge is 2.03. The van der Waals surface area contributed by atoms with Crippen molar-refractivity contribution in [2.24, 2.45) is 5.73 Å². The van der Waals surface area contributed by atoms with E-state index < -0.39 is 5.91 Å². The zero-order valence-corrected chi connectivity index (χ0v) is 11.6. The molecule has 0 aliphatic carbocycles. The quantitative estimate of drug-likeness (QED) is 0.860. The van der Waals surface area contributed by atoms with E-state index in [2.05, 4.69) is 6.07 Å². The first-order valence-corrected chi connectivity index (χ1v) is 6.37. The molecule has 2 aromatic carbocycles. The van der Waals surface area contributed by atoms with E-state index in [-0.39, 0.29) is 0 Å². The predicted octanol–water partition coefficient (Wildman–Crippen LogP) is 3.59. The number of hydrogen-bond acceptors (Lipinski definition) is 2. The van der Waals surface area contributed by atoms with Crippen LogP contribution in [-0.2, 0) is 4.79 Å². The van der Waals surface area contributed by atoms with Crippen molar-refractivity contribution in [2.75, 3.05) is 0 Å². The SMILES string of the molecule is Cc1cc(C)cc(Oc2ccccc2/C=C\C(N)=O)c1. The summed E-state index contributed by atoms with van der Waals surface area (Å²) in [4.78, 5) is 10.8. The number of rotatable bonds is 4. The lowest BCUT2D eigenvalue weighted by atomic mass is 10.1. The first-order valence-electron chi connectivity index (χ1n) is 6.37. The molecule has 1 amide bonds. The van der Waals surface area contributed by atoms with Gasteiger partial charge in [-0.15, -0.1) is 0 Å². The number of primary amides is 1. The number of ether oxygens (including phenoxy) is 1. The number of amides is 1. The minimum atomic E-state index is -0.480. The van der Waals surface area contributed by atoms with Crippen molar-refractivity contribution in [2.45, 2.75) is 13.8 Å². The molecule has 0 radical (unpaired) electrons. The van der Waals surface area contributed by atoms with E-state index in [1.165, 1.54) is 6.08 Å². The van der Waals surface area contributed by atoms with Gasteiger partial charge in [-0.1, -0.05) is 24.3 Å². The van der Waals surface area contributed by atoms with Gasteiger partial charge in [-0.3, -0.25) is 4.79 Å². The zero-order chi connectivity index (χ0) is 14.5. The lowest BCUT2D eigenvalue weighted by Crippen LogP contribution is -2.05. The van der Waals surface area contributed by atoms with E-state index in [1.54, 1.807) is 6.08 Å². The smallest absolute Gasteiger partial charge is 0.241 e. The normalized spacial score (nSPS) is 10.7. The Bertz CT molecular complexity index is 640. The van der Waals surface area contributed by atoms with E-state index in [1.807, 2.05) is 50.2 Å². The highest BCUT2D eigenvalue weighted by atomic mass is 16.5. The van der Waals surface area contributed by atoms with Crippen LogP contribution in [0.15, 0.2) is 48.5 Å². The van der Waals surface area contributed by atoms with E-state index >= 15 is 0 Å². The number of carbonyl (C=O) groups is 1. The van der Waals surface area contributed by atoms with Gasteiger partial charge in [-0.25, -0.2) is 0 Å². The van der Waals surface area contributed by atoms with Crippen LogP contribution in [0.2, 0.25) is 0 Å². The van der Waals surface area contributed by atoms with Crippen molar-refractivity contribution in [3.8, 4) is 11.5 Å². The largest absolute Gasteiger partial charge is 0.457 e. The molecule has 102 valence electrons. The van der Waals surface area contributed by atoms with Gasteiger partial charge in [0.15, 0.2) is 0 Å². The lowest BCUT2D eigenvalue weighted by molar-refractivity contribution is -0.113. The van der Waals surface area contributed by atoms with Crippen molar-refractivity contribution in [1.82, 2.24) is 0 Å². The van der Waals surface area contributed by atoms with Crippen molar-refractivity contribution in [1.29, 1.82) is 0 Å². The van der Waals surface area contributed by atoms with Crippen LogP contribution < -0.4 is 10.5 Å². The summed E-state index contributed by atoms with van der Waals surface area (Å²) in [5.41, 5.74) is 8.21. The molecular formula is C17H17NO2. The fraction of sp³-hybridized carbons (Fsp3) is 0.118. The second-order valence-electron chi connectivity index (χ2n) is 4.70. The molecule has 3 nitrogen and oxygen atoms in total. The Labute approximate surface area is 118 Å². The summed E-state index contributed by atoms with van der Waals surface area (Å²) in [6.07, 6.45) is 2.98. The monoisotopic (exact) mass is 267 g/mol. The molecule has 0 aliphatic heterocycles. The third kappa shape index (κ3) is 3.72. The number of aryl methyl sites for hydroxylation is 2. The maximum atomic E-state index is 10.8. The maximum absolute atomic E-state index is 10.8. The molecule has 0 bridgehead atoms. The van der Waals surface area contributed by atoms with Gasteiger partial charge in [0, 0.05) is 11.6 Å². The molecule has 0 unspecified atom stereocenters. The molecule has 0 spiro atoms. The number of carbonyl (C=O) groups excluding carboxylic acids is 1. The third-order valence-electron chi connectivity index (χ3n) is 2.77. The summed E-state index contributed by atoms with van der Waals surface area (Å²) in [6.45, 7) is 4.05. The predicted molar refractivity (Wildman–Crippen MR) is 80.7 cm³/mol.